The van der Waals surface area contributed by atoms with E-state index in [1.807, 2.05) is 32.0 Å². The lowest BCUT2D eigenvalue weighted by Crippen LogP contribution is -2.23. The molecule has 3 aromatic carbocycles. The van der Waals surface area contributed by atoms with Crippen molar-refractivity contribution in [3.63, 3.8) is 0 Å². The van der Waals surface area contributed by atoms with Gasteiger partial charge in [0.25, 0.3) is 11.2 Å². The van der Waals surface area contributed by atoms with Gasteiger partial charge in [0, 0.05) is 11.8 Å². The molecule has 1 N–H and O–H groups in total. The lowest BCUT2D eigenvalue weighted by molar-refractivity contribution is -0.384. The fourth-order valence-corrected chi connectivity index (χ4v) is 4.45. The van der Waals surface area contributed by atoms with Gasteiger partial charge in [-0.3, -0.25) is 24.3 Å². The fourth-order valence-electron chi connectivity index (χ4n) is 3.46. The summed E-state index contributed by atoms with van der Waals surface area (Å²) < 4.78 is 1.52. The molecule has 0 aliphatic heterocycles. The summed E-state index contributed by atoms with van der Waals surface area (Å²) in [7, 11) is 0. The predicted molar refractivity (Wildman–Crippen MR) is 134 cm³/mol. The van der Waals surface area contributed by atoms with Gasteiger partial charge in [0.05, 0.1) is 27.3 Å². The van der Waals surface area contributed by atoms with Gasteiger partial charge in [-0.2, -0.15) is 0 Å². The first-order valence-electron chi connectivity index (χ1n) is 10.2. The number of thioether (sulfide) groups is 1. The highest BCUT2D eigenvalue weighted by Crippen LogP contribution is 2.28. The van der Waals surface area contributed by atoms with Crippen molar-refractivity contribution in [3.8, 4) is 5.69 Å². The first kappa shape index (κ1) is 23.5. The largest absolute Gasteiger partial charge is 0.325 e. The Balaban J connectivity index is 1.67. The standard InChI is InChI=1S/C24H19ClN4O4S/c1-14-6-5-9-20(15(14)2)28-23(31)17-7-3-4-8-19(17)27-24(28)34-13-22(30)26-16-10-11-18(25)21(12-16)29(32)33/h3-12H,13H2,1-2H3,(H,26,30). The summed E-state index contributed by atoms with van der Waals surface area (Å²) in [6, 6.07) is 16.8. The molecule has 0 saturated carbocycles. The van der Waals surface area contributed by atoms with E-state index in [9.17, 15) is 19.7 Å². The van der Waals surface area contributed by atoms with E-state index in [1.165, 1.54) is 22.8 Å². The molecule has 1 amide bonds. The SMILES string of the molecule is Cc1cccc(-n2c(SCC(=O)Nc3ccc(Cl)c([N+](=O)[O-])c3)nc3ccccc3c2=O)c1C. The quantitative estimate of drug-likeness (QED) is 0.169. The van der Waals surface area contributed by atoms with Gasteiger partial charge >= 0.3 is 0 Å². The van der Waals surface area contributed by atoms with Crippen LogP contribution < -0.4 is 10.9 Å². The van der Waals surface area contributed by atoms with Crippen molar-refractivity contribution in [1.82, 2.24) is 9.55 Å². The van der Waals surface area contributed by atoms with Crippen LogP contribution in [-0.2, 0) is 4.79 Å². The van der Waals surface area contributed by atoms with Crippen molar-refractivity contribution >= 4 is 51.5 Å². The lowest BCUT2D eigenvalue weighted by atomic mass is 10.1. The molecule has 0 atom stereocenters. The van der Waals surface area contributed by atoms with E-state index >= 15 is 0 Å². The molecule has 0 spiro atoms. The molecule has 0 fully saturated rings. The van der Waals surface area contributed by atoms with Crippen LogP contribution in [0.15, 0.2) is 70.6 Å². The molecule has 4 rings (SSSR count). The number of amides is 1. The van der Waals surface area contributed by atoms with Crippen LogP contribution in [0.3, 0.4) is 0 Å². The molecule has 1 aromatic heterocycles. The van der Waals surface area contributed by atoms with E-state index < -0.39 is 10.8 Å². The molecule has 0 bridgehead atoms. The predicted octanol–water partition coefficient (Wildman–Crippen LogP) is 5.29. The topological polar surface area (TPSA) is 107 Å². The molecule has 8 nitrogen and oxygen atoms in total. The van der Waals surface area contributed by atoms with E-state index in [-0.39, 0.29) is 27.7 Å². The van der Waals surface area contributed by atoms with Gasteiger partial charge in [-0.1, -0.05) is 47.6 Å². The Labute approximate surface area is 203 Å². The third-order valence-corrected chi connectivity index (χ3v) is 6.58. The maximum absolute atomic E-state index is 13.4. The number of hydrogen-bond donors (Lipinski definition) is 1. The number of nitro benzene ring substituents is 1. The molecular formula is C24H19ClN4O4S. The molecular weight excluding hydrogens is 476 g/mol. The number of fused-ring (bicyclic) bond motifs is 1. The van der Waals surface area contributed by atoms with Crippen molar-refractivity contribution in [2.75, 3.05) is 11.1 Å². The van der Waals surface area contributed by atoms with Gasteiger partial charge in [-0.25, -0.2) is 4.98 Å². The average Bonchev–Trinajstić information content (AvgIpc) is 2.81. The zero-order valence-electron chi connectivity index (χ0n) is 18.2. The Kier molecular flexibility index (Phi) is 6.67. The number of nitrogens with zero attached hydrogens (tertiary/aromatic N) is 3. The average molecular weight is 495 g/mol. The van der Waals surface area contributed by atoms with E-state index in [4.69, 9.17) is 11.6 Å². The number of anilines is 1. The van der Waals surface area contributed by atoms with Gasteiger partial charge in [0.1, 0.15) is 5.02 Å². The summed E-state index contributed by atoms with van der Waals surface area (Å²) in [4.78, 5) is 41.2. The summed E-state index contributed by atoms with van der Waals surface area (Å²) in [5.41, 5.74) is 2.91. The van der Waals surface area contributed by atoms with Crippen molar-refractivity contribution < 1.29 is 9.72 Å². The number of hydrogen-bond acceptors (Lipinski definition) is 6. The van der Waals surface area contributed by atoms with Crippen LogP contribution in [0.4, 0.5) is 11.4 Å². The summed E-state index contributed by atoms with van der Waals surface area (Å²) in [6.45, 7) is 3.89. The summed E-state index contributed by atoms with van der Waals surface area (Å²) in [5, 5.41) is 14.6. The Hall–Kier alpha value is -3.69. The molecule has 4 aromatic rings. The van der Waals surface area contributed by atoms with E-state index in [0.29, 0.717) is 21.7 Å². The second-order valence-corrected chi connectivity index (χ2v) is 8.88. The number of halogens is 1. The second kappa shape index (κ2) is 9.66. The summed E-state index contributed by atoms with van der Waals surface area (Å²) in [5.74, 6) is -0.469. The zero-order chi connectivity index (χ0) is 24.4. The molecule has 0 saturated heterocycles. The van der Waals surface area contributed by atoms with Crippen molar-refractivity contribution in [2.45, 2.75) is 19.0 Å². The monoisotopic (exact) mass is 494 g/mol. The fraction of sp³-hybridized carbons (Fsp3) is 0.125. The van der Waals surface area contributed by atoms with Crippen molar-refractivity contribution in [1.29, 1.82) is 0 Å². The number of nitro groups is 1. The Bertz CT molecular complexity index is 1500. The molecule has 1 heterocycles. The van der Waals surface area contributed by atoms with Crippen LogP contribution in [0.25, 0.3) is 16.6 Å². The van der Waals surface area contributed by atoms with Crippen LogP contribution >= 0.6 is 23.4 Å². The molecule has 0 radical (unpaired) electrons. The maximum atomic E-state index is 13.4. The van der Waals surface area contributed by atoms with Crippen LogP contribution in [0.5, 0.6) is 0 Å². The third-order valence-electron chi connectivity index (χ3n) is 5.32. The van der Waals surface area contributed by atoms with Gasteiger partial charge in [-0.15, -0.1) is 0 Å². The van der Waals surface area contributed by atoms with E-state index in [1.54, 1.807) is 24.3 Å². The van der Waals surface area contributed by atoms with Crippen LogP contribution in [0, 0.1) is 24.0 Å². The zero-order valence-corrected chi connectivity index (χ0v) is 19.8. The number of nitrogens with one attached hydrogen (secondary N) is 1. The van der Waals surface area contributed by atoms with Gasteiger partial charge in [0.2, 0.25) is 5.91 Å². The highest BCUT2D eigenvalue weighted by molar-refractivity contribution is 7.99. The number of para-hydroxylation sites is 1. The smallest absolute Gasteiger partial charge is 0.289 e. The van der Waals surface area contributed by atoms with Gasteiger partial charge in [-0.05, 0) is 55.3 Å². The Morgan fingerprint density at radius 1 is 1.15 bits per heavy atom. The molecule has 34 heavy (non-hydrogen) atoms. The minimum atomic E-state index is -0.616. The van der Waals surface area contributed by atoms with E-state index in [0.717, 1.165) is 22.9 Å². The van der Waals surface area contributed by atoms with Crippen LogP contribution in [0.1, 0.15) is 11.1 Å². The Morgan fingerprint density at radius 3 is 2.68 bits per heavy atom. The van der Waals surface area contributed by atoms with Crippen molar-refractivity contribution in [2.24, 2.45) is 0 Å². The molecule has 0 aliphatic carbocycles. The maximum Gasteiger partial charge on any atom is 0.289 e. The third kappa shape index (κ3) is 4.66. The second-order valence-electron chi connectivity index (χ2n) is 7.53. The highest BCUT2D eigenvalue weighted by atomic mass is 35.5. The molecule has 10 heteroatoms. The molecule has 172 valence electrons. The van der Waals surface area contributed by atoms with Crippen molar-refractivity contribution in [3.05, 3.63) is 97.3 Å². The summed E-state index contributed by atoms with van der Waals surface area (Å²) in [6.07, 6.45) is 0. The number of carbonyl (C=O) groups excluding carboxylic acids is 1. The summed E-state index contributed by atoms with van der Waals surface area (Å²) >= 11 is 6.94. The minimum Gasteiger partial charge on any atom is -0.325 e. The van der Waals surface area contributed by atoms with Gasteiger partial charge in [0.15, 0.2) is 5.16 Å². The van der Waals surface area contributed by atoms with Crippen LogP contribution in [-0.4, -0.2) is 26.1 Å². The van der Waals surface area contributed by atoms with Gasteiger partial charge < -0.3 is 5.32 Å². The first-order valence-corrected chi connectivity index (χ1v) is 11.6. The first-order chi connectivity index (χ1) is 16.3. The lowest BCUT2D eigenvalue weighted by Gasteiger charge is -2.16. The Morgan fingerprint density at radius 2 is 1.91 bits per heavy atom. The number of aromatic nitrogens is 2. The number of carbonyl (C=O) groups is 1. The normalized spacial score (nSPS) is 10.9. The number of benzene rings is 3. The van der Waals surface area contributed by atoms with E-state index in [2.05, 4.69) is 10.3 Å². The number of rotatable bonds is 6. The minimum absolute atomic E-state index is 0.0183. The number of aryl methyl sites for hydroxylation is 1. The highest BCUT2D eigenvalue weighted by Gasteiger charge is 2.18. The molecule has 0 aliphatic rings. The van der Waals surface area contributed by atoms with Crippen LogP contribution in [0.2, 0.25) is 5.02 Å². The molecule has 0 unspecified atom stereocenters.